The van der Waals surface area contributed by atoms with E-state index in [-0.39, 0.29) is 17.4 Å². The monoisotopic (exact) mass is 356 g/mol. The number of amides is 1. The molecule has 3 aliphatic rings. The molecule has 4 heterocycles. The fourth-order valence-corrected chi connectivity index (χ4v) is 3.73. The van der Waals surface area contributed by atoms with Crippen LogP contribution in [0.4, 0.5) is 11.5 Å². The zero-order chi connectivity index (χ0) is 17.9. The summed E-state index contributed by atoms with van der Waals surface area (Å²) in [5, 5.41) is 0. The molecular formula is C19H24N4O3. The minimum absolute atomic E-state index is 0.00512. The normalized spacial score (nSPS) is 21.2. The molecule has 0 saturated carbocycles. The Balaban J connectivity index is 1.27. The number of hydrogen-bond acceptors (Lipinski definition) is 5. The predicted molar refractivity (Wildman–Crippen MR) is 100 cm³/mol. The molecule has 1 fully saturated rings. The molecule has 4 rings (SSSR count). The van der Waals surface area contributed by atoms with E-state index in [1.54, 1.807) is 12.4 Å². The summed E-state index contributed by atoms with van der Waals surface area (Å²) >= 11 is 0. The van der Waals surface area contributed by atoms with Gasteiger partial charge in [0.1, 0.15) is 11.6 Å². The summed E-state index contributed by atoms with van der Waals surface area (Å²) in [7, 11) is 0. The number of anilines is 1. The summed E-state index contributed by atoms with van der Waals surface area (Å²) in [6, 6.07) is 1.49. The van der Waals surface area contributed by atoms with Crippen LogP contribution < -0.4 is 10.3 Å². The van der Waals surface area contributed by atoms with Crippen molar-refractivity contribution >= 4 is 23.6 Å². The first-order valence-electron chi connectivity index (χ1n) is 9.36. The molecule has 0 aromatic carbocycles. The maximum Gasteiger partial charge on any atom is 0.222 e. The van der Waals surface area contributed by atoms with Crippen molar-refractivity contribution in [3.8, 4) is 0 Å². The lowest BCUT2D eigenvalue weighted by Crippen LogP contribution is -2.35. The number of likely N-dealkylation sites (tertiary alicyclic amines) is 1. The number of piperidine rings is 1. The Hall–Kier alpha value is -2.57. The number of pyridine rings is 1. The van der Waals surface area contributed by atoms with E-state index in [1.165, 1.54) is 12.5 Å². The highest BCUT2D eigenvalue weighted by Gasteiger charge is 2.30. The van der Waals surface area contributed by atoms with Gasteiger partial charge in [-0.3, -0.25) is 14.6 Å². The fourth-order valence-electron chi connectivity index (χ4n) is 3.73. The fraction of sp³-hybridized carbons (Fsp3) is 0.526. The van der Waals surface area contributed by atoms with E-state index < -0.39 is 0 Å². The molecule has 0 aliphatic carbocycles. The maximum absolute atomic E-state index is 12.2. The van der Waals surface area contributed by atoms with Crippen LogP contribution in [0, 0.1) is 0 Å². The highest BCUT2D eigenvalue weighted by molar-refractivity contribution is 5.85. The second-order valence-electron chi connectivity index (χ2n) is 6.96. The molecule has 1 aromatic heterocycles. The molecule has 7 heteroatoms. The van der Waals surface area contributed by atoms with E-state index in [0.717, 1.165) is 43.9 Å². The summed E-state index contributed by atoms with van der Waals surface area (Å²) in [5.41, 5.74) is 0.365. The van der Waals surface area contributed by atoms with Crippen LogP contribution in [0.3, 0.4) is 0 Å². The van der Waals surface area contributed by atoms with Crippen molar-refractivity contribution in [3.63, 3.8) is 0 Å². The first kappa shape index (κ1) is 16.9. The SMILES string of the molecule is O=C(CCCOC1=CC2C=Nc3c([nH]ccc3=O)N2C1)N1CCCCC1. The summed E-state index contributed by atoms with van der Waals surface area (Å²) in [6.45, 7) is 2.93. The lowest BCUT2D eigenvalue weighted by molar-refractivity contribution is -0.132. The number of hydrogen-bond donors (Lipinski definition) is 1. The largest absolute Gasteiger partial charge is 0.496 e. The summed E-state index contributed by atoms with van der Waals surface area (Å²) in [6.07, 6.45) is 10.2. The molecule has 1 N–H and O–H groups in total. The van der Waals surface area contributed by atoms with E-state index >= 15 is 0 Å². The number of aromatic nitrogens is 1. The molecule has 1 saturated heterocycles. The molecule has 1 unspecified atom stereocenters. The van der Waals surface area contributed by atoms with Crippen LogP contribution >= 0.6 is 0 Å². The van der Waals surface area contributed by atoms with Gasteiger partial charge in [-0.15, -0.1) is 0 Å². The van der Waals surface area contributed by atoms with Crippen LogP contribution in [0.15, 0.2) is 33.9 Å². The van der Waals surface area contributed by atoms with E-state index in [1.807, 2.05) is 11.0 Å². The van der Waals surface area contributed by atoms with E-state index in [0.29, 0.717) is 25.3 Å². The van der Waals surface area contributed by atoms with Crippen molar-refractivity contribution in [2.45, 2.75) is 38.1 Å². The second kappa shape index (κ2) is 7.35. The number of rotatable bonds is 5. The minimum Gasteiger partial charge on any atom is -0.496 e. The van der Waals surface area contributed by atoms with Crippen LogP contribution in [0.5, 0.6) is 0 Å². The third kappa shape index (κ3) is 3.38. The van der Waals surface area contributed by atoms with Gasteiger partial charge in [0.25, 0.3) is 0 Å². The zero-order valence-corrected chi connectivity index (χ0v) is 14.8. The number of nitrogens with one attached hydrogen (secondary N) is 1. The third-order valence-corrected chi connectivity index (χ3v) is 5.13. The van der Waals surface area contributed by atoms with Crippen molar-refractivity contribution in [3.05, 3.63) is 34.3 Å². The quantitative estimate of drug-likeness (QED) is 0.818. The van der Waals surface area contributed by atoms with Gasteiger partial charge in [0.2, 0.25) is 11.3 Å². The number of aliphatic imine (C=N–C) groups is 1. The molecule has 1 amide bonds. The number of aromatic amines is 1. The summed E-state index contributed by atoms with van der Waals surface area (Å²) < 4.78 is 5.87. The van der Waals surface area contributed by atoms with Gasteiger partial charge in [-0.2, -0.15) is 0 Å². The molecule has 0 radical (unpaired) electrons. The number of carbonyl (C=O) groups excluding carboxylic acids is 1. The van der Waals surface area contributed by atoms with Crippen LogP contribution in [-0.4, -0.2) is 54.3 Å². The highest BCUT2D eigenvalue weighted by Crippen LogP contribution is 2.32. The smallest absolute Gasteiger partial charge is 0.222 e. The lowest BCUT2D eigenvalue weighted by atomic mass is 10.1. The van der Waals surface area contributed by atoms with Crippen molar-refractivity contribution in [2.24, 2.45) is 4.99 Å². The zero-order valence-electron chi connectivity index (χ0n) is 14.8. The van der Waals surface area contributed by atoms with E-state index in [4.69, 9.17) is 4.74 Å². The Kier molecular flexibility index (Phi) is 4.77. The average Bonchev–Trinajstić information content (AvgIpc) is 3.09. The van der Waals surface area contributed by atoms with Crippen molar-refractivity contribution in [1.82, 2.24) is 9.88 Å². The molecule has 0 spiro atoms. The van der Waals surface area contributed by atoms with Gasteiger partial charge in [0.15, 0.2) is 5.69 Å². The number of nitrogens with zero attached hydrogens (tertiary/aromatic N) is 3. The Morgan fingerprint density at radius 1 is 1.31 bits per heavy atom. The van der Waals surface area contributed by atoms with E-state index in [2.05, 4.69) is 14.9 Å². The second-order valence-corrected chi connectivity index (χ2v) is 6.96. The topological polar surface area (TPSA) is 78.0 Å². The maximum atomic E-state index is 12.2. The van der Waals surface area contributed by atoms with Crippen LogP contribution in [0.1, 0.15) is 32.1 Å². The van der Waals surface area contributed by atoms with Crippen molar-refractivity contribution in [1.29, 1.82) is 0 Å². The molecular weight excluding hydrogens is 332 g/mol. The Morgan fingerprint density at radius 3 is 3.00 bits per heavy atom. The molecule has 7 nitrogen and oxygen atoms in total. The first-order chi connectivity index (χ1) is 12.7. The van der Waals surface area contributed by atoms with Crippen molar-refractivity contribution in [2.75, 3.05) is 31.1 Å². The van der Waals surface area contributed by atoms with Gasteiger partial charge in [0, 0.05) is 38.0 Å². The minimum atomic E-state index is -0.0842. The van der Waals surface area contributed by atoms with Gasteiger partial charge >= 0.3 is 0 Å². The number of carbonyl (C=O) groups is 1. The number of ether oxygens (including phenoxy) is 1. The lowest BCUT2D eigenvalue weighted by Gasteiger charge is -2.27. The molecule has 3 aliphatic heterocycles. The summed E-state index contributed by atoms with van der Waals surface area (Å²) in [4.78, 5) is 35.5. The third-order valence-electron chi connectivity index (χ3n) is 5.13. The standard InChI is InChI=1S/C19H24N4O3/c24-16-6-7-20-19-18(16)21-12-14-11-15(13-23(14)19)26-10-4-5-17(25)22-8-2-1-3-9-22/h6-7,11-12,14H,1-5,8-10,13H2,(H,20,24). The van der Waals surface area contributed by atoms with Crippen molar-refractivity contribution < 1.29 is 9.53 Å². The highest BCUT2D eigenvalue weighted by atomic mass is 16.5. The molecule has 1 aromatic rings. The Bertz CT molecular complexity index is 792. The average molecular weight is 356 g/mol. The summed E-state index contributed by atoms with van der Waals surface area (Å²) in [5.74, 6) is 1.84. The van der Waals surface area contributed by atoms with Gasteiger partial charge < -0.3 is 19.5 Å². The molecule has 1 atom stereocenters. The van der Waals surface area contributed by atoms with Crippen LogP contribution in [0.25, 0.3) is 0 Å². The van der Waals surface area contributed by atoms with Crippen LogP contribution in [-0.2, 0) is 9.53 Å². The Labute approximate surface area is 152 Å². The molecule has 26 heavy (non-hydrogen) atoms. The van der Waals surface area contributed by atoms with Gasteiger partial charge in [-0.05, 0) is 31.8 Å². The molecule has 0 bridgehead atoms. The van der Waals surface area contributed by atoms with E-state index in [9.17, 15) is 9.59 Å². The first-order valence-corrected chi connectivity index (χ1v) is 9.36. The number of fused-ring (bicyclic) bond motifs is 3. The van der Waals surface area contributed by atoms with Gasteiger partial charge in [0.05, 0.1) is 19.2 Å². The Morgan fingerprint density at radius 2 is 2.15 bits per heavy atom. The van der Waals surface area contributed by atoms with Crippen LogP contribution in [0.2, 0.25) is 0 Å². The van der Waals surface area contributed by atoms with Gasteiger partial charge in [-0.1, -0.05) is 0 Å². The van der Waals surface area contributed by atoms with Gasteiger partial charge in [-0.25, -0.2) is 0 Å². The molecule has 138 valence electrons. The number of H-pyrrole nitrogens is 1. The predicted octanol–water partition coefficient (Wildman–Crippen LogP) is 1.97.